The van der Waals surface area contributed by atoms with Gasteiger partial charge in [0.25, 0.3) is 0 Å². The summed E-state index contributed by atoms with van der Waals surface area (Å²) >= 11 is 0. The molecule has 20 heavy (non-hydrogen) atoms. The molecular formula is C15H16F3NO. The molecule has 5 heteroatoms. The van der Waals surface area contributed by atoms with Crippen molar-refractivity contribution in [2.75, 3.05) is 6.54 Å². The van der Waals surface area contributed by atoms with Crippen LogP contribution in [0.5, 0.6) is 0 Å². The molecule has 0 amide bonds. The highest BCUT2D eigenvalue weighted by Gasteiger charge is 2.30. The Balaban J connectivity index is 2.11. The fourth-order valence-corrected chi connectivity index (χ4v) is 2.09. The zero-order valence-corrected chi connectivity index (χ0v) is 11.1. The lowest BCUT2D eigenvalue weighted by Crippen LogP contribution is -2.22. The zero-order valence-electron chi connectivity index (χ0n) is 11.1. The molecule has 0 radical (unpaired) electrons. The second kappa shape index (κ2) is 6.13. The molecule has 1 unspecified atom stereocenters. The van der Waals surface area contributed by atoms with Crippen molar-refractivity contribution in [1.29, 1.82) is 0 Å². The van der Waals surface area contributed by atoms with Crippen LogP contribution < -0.4 is 5.32 Å². The van der Waals surface area contributed by atoms with Gasteiger partial charge in [-0.15, -0.1) is 0 Å². The Kier molecular flexibility index (Phi) is 4.49. The predicted molar refractivity (Wildman–Crippen MR) is 70.3 cm³/mol. The lowest BCUT2D eigenvalue weighted by atomic mass is 10.00. The average Bonchev–Trinajstić information content (AvgIpc) is 2.91. The Morgan fingerprint density at radius 3 is 2.35 bits per heavy atom. The van der Waals surface area contributed by atoms with Gasteiger partial charge in [0.15, 0.2) is 0 Å². The van der Waals surface area contributed by atoms with Gasteiger partial charge < -0.3 is 9.73 Å². The van der Waals surface area contributed by atoms with Gasteiger partial charge in [-0.3, -0.25) is 0 Å². The highest BCUT2D eigenvalue weighted by atomic mass is 19.4. The van der Waals surface area contributed by atoms with Gasteiger partial charge in [-0.1, -0.05) is 19.1 Å². The fourth-order valence-electron chi connectivity index (χ4n) is 2.09. The molecule has 1 N–H and O–H groups in total. The number of hydrogen-bond acceptors (Lipinski definition) is 2. The summed E-state index contributed by atoms with van der Waals surface area (Å²) in [6.45, 7) is 2.76. The largest absolute Gasteiger partial charge is 0.472 e. The molecule has 0 spiro atoms. The number of likely N-dealkylation sites (N-methyl/N-ethyl adjacent to an activating group) is 1. The molecule has 1 aromatic heterocycles. The van der Waals surface area contributed by atoms with Gasteiger partial charge in [0.1, 0.15) is 0 Å². The fraction of sp³-hybridized carbons (Fsp3) is 0.333. The maximum atomic E-state index is 12.5. The quantitative estimate of drug-likeness (QED) is 0.890. The van der Waals surface area contributed by atoms with Crippen LogP contribution >= 0.6 is 0 Å². The topological polar surface area (TPSA) is 25.2 Å². The third-order valence-corrected chi connectivity index (χ3v) is 3.12. The van der Waals surface area contributed by atoms with Gasteiger partial charge in [0.05, 0.1) is 18.1 Å². The van der Waals surface area contributed by atoms with Crippen LogP contribution in [-0.4, -0.2) is 6.54 Å². The van der Waals surface area contributed by atoms with Crippen LogP contribution in [0, 0.1) is 0 Å². The van der Waals surface area contributed by atoms with E-state index >= 15 is 0 Å². The number of halogens is 3. The van der Waals surface area contributed by atoms with Crippen molar-refractivity contribution in [3.05, 3.63) is 59.5 Å². The molecule has 0 aliphatic rings. The normalized spacial score (nSPS) is 13.4. The van der Waals surface area contributed by atoms with E-state index in [1.165, 1.54) is 12.1 Å². The third kappa shape index (κ3) is 3.63. The number of nitrogens with one attached hydrogen (secondary N) is 1. The van der Waals surface area contributed by atoms with E-state index < -0.39 is 11.7 Å². The minimum atomic E-state index is -4.29. The number of hydrogen-bond donors (Lipinski definition) is 1. The Hall–Kier alpha value is -1.75. The molecule has 0 aliphatic heterocycles. The summed E-state index contributed by atoms with van der Waals surface area (Å²) < 4.78 is 42.6. The van der Waals surface area contributed by atoms with Crippen molar-refractivity contribution in [2.24, 2.45) is 0 Å². The molecule has 1 aromatic carbocycles. The molecule has 1 heterocycles. The summed E-state index contributed by atoms with van der Waals surface area (Å²) in [7, 11) is 0. The van der Waals surface area contributed by atoms with Crippen molar-refractivity contribution in [3.8, 4) is 0 Å². The summed E-state index contributed by atoms with van der Waals surface area (Å²) in [5, 5.41) is 3.30. The SMILES string of the molecule is CCNC(Cc1ccc(C(F)(F)F)cc1)c1ccoc1. The van der Waals surface area contributed by atoms with E-state index in [4.69, 9.17) is 4.42 Å². The Bertz CT molecular complexity index is 517. The molecule has 2 rings (SSSR count). The monoisotopic (exact) mass is 283 g/mol. The van der Waals surface area contributed by atoms with Gasteiger partial charge in [-0.2, -0.15) is 13.2 Å². The maximum absolute atomic E-state index is 12.5. The third-order valence-electron chi connectivity index (χ3n) is 3.12. The number of rotatable bonds is 5. The van der Waals surface area contributed by atoms with Crippen molar-refractivity contribution in [3.63, 3.8) is 0 Å². The first kappa shape index (κ1) is 14.7. The van der Waals surface area contributed by atoms with E-state index in [-0.39, 0.29) is 6.04 Å². The summed E-state index contributed by atoms with van der Waals surface area (Å²) in [6.07, 6.45) is -0.431. The van der Waals surface area contributed by atoms with Crippen LogP contribution in [0.2, 0.25) is 0 Å². The van der Waals surface area contributed by atoms with Crippen LogP contribution in [0.15, 0.2) is 47.3 Å². The standard InChI is InChI=1S/C15H16F3NO/c1-2-19-14(12-7-8-20-10-12)9-11-3-5-13(6-4-11)15(16,17)18/h3-8,10,14,19H,2,9H2,1H3. The number of furan rings is 1. The summed E-state index contributed by atoms with van der Waals surface area (Å²) in [5.41, 5.74) is 1.22. The van der Waals surface area contributed by atoms with Crippen molar-refractivity contribution in [1.82, 2.24) is 5.32 Å². The second-order valence-corrected chi connectivity index (χ2v) is 4.57. The van der Waals surface area contributed by atoms with Crippen LogP contribution in [-0.2, 0) is 12.6 Å². The second-order valence-electron chi connectivity index (χ2n) is 4.57. The Morgan fingerprint density at radius 1 is 1.15 bits per heavy atom. The first-order valence-corrected chi connectivity index (χ1v) is 6.42. The highest BCUT2D eigenvalue weighted by Crippen LogP contribution is 2.29. The molecule has 2 aromatic rings. The average molecular weight is 283 g/mol. The lowest BCUT2D eigenvalue weighted by molar-refractivity contribution is -0.137. The van der Waals surface area contributed by atoms with Gasteiger partial charge in [-0.05, 0) is 36.7 Å². The van der Waals surface area contributed by atoms with Crippen molar-refractivity contribution < 1.29 is 17.6 Å². The van der Waals surface area contributed by atoms with E-state index in [0.717, 1.165) is 29.8 Å². The van der Waals surface area contributed by atoms with E-state index in [1.54, 1.807) is 12.5 Å². The van der Waals surface area contributed by atoms with Gasteiger partial charge in [0, 0.05) is 11.6 Å². The van der Waals surface area contributed by atoms with E-state index in [2.05, 4.69) is 5.32 Å². The molecule has 0 bridgehead atoms. The van der Waals surface area contributed by atoms with Gasteiger partial charge in [-0.25, -0.2) is 0 Å². The van der Waals surface area contributed by atoms with Crippen LogP contribution in [0.3, 0.4) is 0 Å². The molecule has 0 fully saturated rings. The first-order valence-electron chi connectivity index (χ1n) is 6.42. The lowest BCUT2D eigenvalue weighted by Gasteiger charge is -2.16. The summed E-state index contributed by atoms with van der Waals surface area (Å²) in [5.74, 6) is 0. The minimum absolute atomic E-state index is 0.0375. The molecule has 0 aliphatic carbocycles. The Morgan fingerprint density at radius 2 is 1.85 bits per heavy atom. The molecular weight excluding hydrogens is 267 g/mol. The number of alkyl halides is 3. The Labute approximate surface area is 115 Å². The summed E-state index contributed by atoms with van der Waals surface area (Å²) in [6, 6.07) is 7.18. The van der Waals surface area contributed by atoms with Crippen LogP contribution in [0.1, 0.15) is 29.7 Å². The number of benzene rings is 1. The van der Waals surface area contributed by atoms with Gasteiger partial charge >= 0.3 is 6.18 Å². The van der Waals surface area contributed by atoms with E-state index in [0.29, 0.717) is 6.42 Å². The van der Waals surface area contributed by atoms with Crippen molar-refractivity contribution >= 4 is 0 Å². The molecule has 0 saturated carbocycles. The molecule has 2 nitrogen and oxygen atoms in total. The predicted octanol–water partition coefficient (Wildman–Crippen LogP) is 4.19. The van der Waals surface area contributed by atoms with Crippen LogP contribution in [0.25, 0.3) is 0 Å². The molecule has 1 atom stereocenters. The molecule has 108 valence electrons. The first-order chi connectivity index (χ1) is 9.50. The van der Waals surface area contributed by atoms with Gasteiger partial charge in [0.2, 0.25) is 0 Å². The highest BCUT2D eigenvalue weighted by molar-refractivity contribution is 5.26. The minimum Gasteiger partial charge on any atom is -0.472 e. The van der Waals surface area contributed by atoms with Crippen LogP contribution in [0.4, 0.5) is 13.2 Å². The van der Waals surface area contributed by atoms with Crippen molar-refractivity contribution in [2.45, 2.75) is 25.6 Å². The zero-order chi connectivity index (χ0) is 14.6. The molecule has 0 saturated heterocycles. The smallest absolute Gasteiger partial charge is 0.416 e. The summed E-state index contributed by atoms with van der Waals surface area (Å²) in [4.78, 5) is 0. The van der Waals surface area contributed by atoms with E-state index in [9.17, 15) is 13.2 Å². The maximum Gasteiger partial charge on any atom is 0.416 e. The van der Waals surface area contributed by atoms with E-state index in [1.807, 2.05) is 13.0 Å².